The Bertz CT molecular complexity index is 1110. The molecule has 3 aromatic rings. The van der Waals surface area contributed by atoms with E-state index in [1.807, 2.05) is 18.2 Å². The molecule has 0 spiro atoms. The Kier molecular flexibility index (Phi) is 8.08. The minimum atomic E-state index is -0.787. The van der Waals surface area contributed by atoms with Crippen LogP contribution < -0.4 is 15.4 Å². The monoisotopic (exact) mass is 472 g/mol. The van der Waals surface area contributed by atoms with E-state index in [-0.39, 0.29) is 22.9 Å². The number of esters is 1. The molecule has 0 aliphatic heterocycles. The maximum Gasteiger partial charge on any atom is 0.407 e. The molecular formula is C23H18Cl2N2O5. The molecule has 7 nitrogen and oxygen atoms in total. The molecular weight excluding hydrogens is 455 g/mol. The van der Waals surface area contributed by atoms with Crippen molar-refractivity contribution in [3.63, 3.8) is 0 Å². The highest BCUT2D eigenvalue weighted by Crippen LogP contribution is 2.24. The predicted octanol–water partition coefficient (Wildman–Crippen LogP) is 5.08. The third kappa shape index (κ3) is 7.01. The van der Waals surface area contributed by atoms with Gasteiger partial charge in [0.15, 0.2) is 0 Å². The summed E-state index contributed by atoms with van der Waals surface area (Å²) in [6, 6.07) is 19.8. The van der Waals surface area contributed by atoms with Gasteiger partial charge in [0.2, 0.25) is 0 Å². The van der Waals surface area contributed by atoms with Crippen molar-refractivity contribution in [2.24, 2.45) is 0 Å². The van der Waals surface area contributed by atoms with Crippen LogP contribution in [0.25, 0.3) is 0 Å². The van der Waals surface area contributed by atoms with E-state index in [1.54, 1.807) is 36.4 Å². The van der Waals surface area contributed by atoms with Gasteiger partial charge in [-0.2, -0.15) is 0 Å². The van der Waals surface area contributed by atoms with Gasteiger partial charge >= 0.3 is 12.1 Å². The van der Waals surface area contributed by atoms with E-state index >= 15 is 0 Å². The second-order valence-electron chi connectivity index (χ2n) is 6.49. The normalized spacial score (nSPS) is 10.2. The molecule has 9 heteroatoms. The van der Waals surface area contributed by atoms with Gasteiger partial charge < -0.3 is 20.1 Å². The third-order valence-corrected chi connectivity index (χ3v) is 4.59. The van der Waals surface area contributed by atoms with Crippen LogP contribution in [0.4, 0.5) is 10.5 Å². The average molecular weight is 473 g/mol. The van der Waals surface area contributed by atoms with Gasteiger partial charge in [-0.1, -0.05) is 53.5 Å². The third-order valence-electron chi connectivity index (χ3n) is 4.10. The number of amides is 2. The van der Waals surface area contributed by atoms with E-state index in [9.17, 15) is 14.4 Å². The molecule has 0 heterocycles. The summed E-state index contributed by atoms with van der Waals surface area (Å²) in [6.45, 7) is -0.386. The van der Waals surface area contributed by atoms with Gasteiger partial charge in [-0.05, 0) is 48.0 Å². The molecule has 0 atom stereocenters. The Morgan fingerprint density at radius 1 is 0.844 bits per heavy atom. The van der Waals surface area contributed by atoms with E-state index in [0.717, 1.165) is 5.56 Å². The molecule has 0 bridgehead atoms. The fourth-order valence-corrected chi connectivity index (χ4v) is 2.88. The number of anilines is 1. The van der Waals surface area contributed by atoms with Gasteiger partial charge in [0.05, 0.1) is 5.56 Å². The summed E-state index contributed by atoms with van der Waals surface area (Å²) in [5.41, 5.74) is 1.36. The lowest BCUT2D eigenvalue weighted by Gasteiger charge is -2.12. The van der Waals surface area contributed by atoms with Gasteiger partial charge in [-0.3, -0.25) is 4.79 Å². The zero-order valence-corrected chi connectivity index (χ0v) is 18.2. The smallest absolute Gasteiger partial charge is 0.407 e. The summed E-state index contributed by atoms with van der Waals surface area (Å²) in [7, 11) is 0. The molecule has 2 N–H and O–H groups in total. The maximum atomic E-state index is 12.7. The molecule has 0 fully saturated rings. The SMILES string of the molecule is O=C(CNC(=O)OCc1ccccc1)Oc1ccc(Cl)cc1C(=O)Nc1ccc(Cl)cc1. The number of carbonyl (C=O) groups is 3. The zero-order valence-electron chi connectivity index (χ0n) is 16.6. The van der Waals surface area contributed by atoms with Crippen molar-refractivity contribution in [1.29, 1.82) is 0 Å². The fraction of sp³-hybridized carbons (Fsp3) is 0.0870. The maximum absolute atomic E-state index is 12.7. The second-order valence-corrected chi connectivity index (χ2v) is 7.36. The zero-order chi connectivity index (χ0) is 22.9. The molecule has 0 aromatic heterocycles. The van der Waals surface area contributed by atoms with Crippen molar-refractivity contribution < 1.29 is 23.9 Å². The summed E-state index contributed by atoms with van der Waals surface area (Å²) in [4.78, 5) is 36.6. The van der Waals surface area contributed by atoms with Crippen molar-refractivity contribution in [1.82, 2.24) is 5.32 Å². The number of hydrogen-bond acceptors (Lipinski definition) is 5. The highest BCUT2D eigenvalue weighted by atomic mass is 35.5. The van der Waals surface area contributed by atoms with Crippen LogP contribution in [0, 0.1) is 0 Å². The van der Waals surface area contributed by atoms with Crippen LogP contribution in [0.15, 0.2) is 72.8 Å². The van der Waals surface area contributed by atoms with E-state index in [2.05, 4.69) is 10.6 Å². The quantitative estimate of drug-likeness (QED) is 0.369. The first kappa shape index (κ1) is 23.1. The molecule has 0 saturated carbocycles. The predicted molar refractivity (Wildman–Crippen MR) is 121 cm³/mol. The van der Waals surface area contributed by atoms with Gasteiger partial charge in [0.25, 0.3) is 5.91 Å². The van der Waals surface area contributed by atoms with Crippen LogP contribution >= 0.6 is 23.2 Å². The van der Waals surface area contributed by atoms with Crippen molar-refractivity contribution in [3.8, 4) is 5.75 Å². The van der Waals surface area contributed by atoms with E-state index in [0.29, 0.717) is 10.7 Å². The van der Waals surface area contributed by atoms with Crippen molar-refractivity contribution in [3.05, 3.63) is 94.0 Å². The lowest BCUT2D eigenvalue weighted by atomic mass is 10.2. The van der Waals surface area contributed by atoms with Gasteiger partial charge in [-0.15, -0.1) is 0 Å². The van der Waals surface area contributed by atoms with Crippen molar-refractivity contribution >= 4 is 46.9 Å². The van der Waals surface area contributed by atoms with Gasteiger partial charge in [0, 0.05) is 15.7 Å². The number of hydrogen-bond donors (Lipinski definition) is 2. The van der Waals surface area contributed by atoms with E-state index < -0.39 is 24.5 Å². The lowest BCUT2D eigenvalue weighted by molar-refractivity contribution is -0.133. The van der Waals surface area contributed by atoms with E-state index in [1.165, 1.54) is 18.2 Å². The first-order valence-corrected chi connectivity index (χ1v) is 10.2. The molecule has 0 aliphatic carbocycles. The standard InChI is InChI=1S/C23H18Cl2N2O5/c24-16-6-9-18(10-7-16)27-22(29)19-12-17(25)8-11-20(19)32-21(28)13-26-23(30)31-14-15-4-2-1-3-5-15/h1-12H,13-14H2,(H,26,30)(H,27,29). The number of ether oxygens (including phenoxy) is 2. The lowest BCUT2D eigenvalue weighted by Crippen LogP contribution is -2.32. The summed E-state index contributed by atoms with van der Waals surface area (Å²) in [5.74, 6) is -1.33. The minimum Gasteiger partial charge on any atom is -0.445 e. The molecule has 32 heavy (non-hydrogen) atoms. The molecule has 3 rings (SSSR count). The second kappa shape index (κ2) is 11.2. The number of carbonyl (C=O) groups excluding carboxylic acids is 3. The Balaban J connectivity index is 1.56. The van der Waals surface area contributed by atoms with Crippen LogP contribution in [0.2, 0.25) is 10.0 Å². The van der Waals surface area contributed by atoms with Crippen molar-refractivity contribution in [2.75, 3.05) is 11.9 Å². The Morgan fingerprint density at radius 2 is 1.53 bits per heavy atom. The summed E-state index contributed by atoms with van der Waals surface area (Å²) in [5, 5.41) is 5.78. The molecule has 0 unspecified atom stereocenters. The highest BCUT2D eigenvalue weighted by Gasteiger charge is 2.17. The van der Waals surface area contributed by atoms with Crippen LogP contribution in [-0.2, 0) is 16.1 Å². The number of halogens is 2. The van der Waals surface area contributed by atoms with Crippen LogP contribution in [-0.4, -0.2) is 24.5 Å². The Morgan fingerprint density at radius 3 is 2.25 bits per heavy atom. The summed E-state index contributed by atoms with van der Waals surface area (Å²) in [6.07, 6.45) is -0.775. The molecule has 164 valence electrons. The first-order valence-electron chi connectivity index (χ1n) is 9.42. The Labute approximate surface area is 194 Å². The largest absolute Gasteiger partial charge is 0.445 e. The average Bonchev–Trinajstić information content (AvgIpc) is 2.79. The minimum absolute atomic E-state index is 0.00897. The van der Waals surface area contributed by atoms with Gasteiger partial charge in [-0.25, -0.2) is 9.59 Å². The molecule has 0 aliphatic rings. The molecule has 2 amide bonds. The molecule has 3 aromatic carbocycles. The van der Waals surface area contributed by atoms with E-state index in [4.69, 9.17) is 32.7 Å². The van der Waals surface area contributed by atoms with Gasteiger partial charge in [0.1, 0.15) is 18.9 Å². The summed E-state index contributed by atoms with van der Waals surface area (Å²) >= 11 is 11.8. The van der Waals surface area contributed by atoms with Crippen LogP contribution in [0.5, 0.6) is 5.75 Å². The number of rotatable bonds is 7. The van der Waals surface area contributed by atoms with Crippen LogP contribution in [0.1, 0.15) is 15.9 Å². The topological polar surface area (TPSA) is 93.7 Å². The highest BCUT2D eigenvalue weighted by molar-refractivity contribution is 6.31. The first-order chi connectivity index (χ1) is 15.4. The van der Waals surface area contributed by atoms with Crippen LogP contribution in [0.3, 0.4) is 0 Å². The number of alkyl carbamates (subject to hydrolysis) is 1. The summed E-state index contributed by atoms with van der Waals surface area (Å²) < 4.78 is 10.3. The molecule has 0 saturated heterocycles. The fourth-order valence-electron chi connectivity index (χ4n) is 2.58. The Hall–Kier alpha value is -3.55. The number of benzene rings is 3. The van der Waals surface area contributed by atoms with Crippen molar-refractivity contribution in [2.45, 2.75) is 6.61 Å². The molecule has 0 radical (unpaired) electrons. The number of nitrogens with one attached hydrogen (secondary N) is 2.